The van der Waals surface area contributed by atoms with E-state index in [0.29, 0.717) is 0 Å². The Morgan fingerprint density at radius 1 is 1.41 bits per heavy atom. The predicted octanol–water partition coefficient (Wildman–Crippen LogP) is 4.14. The van der Waals surface area contributed by atoms with Gasteiger partial charge in [0.2, 0.25) is 0 Å². The van der Waals surface area contributed by atoms with Crippen LogP contribution in [0.1, 0.15) is 43.9 Å². The monoisotopic (exact) mass is 235 g/mol. The normalized spacial score (nSPS) is 12.5. The number of halogens is 1. The van der Waals surface area contributed by atoms with Gasteiger partial charge in [-0.3, -0.25) is 0 Å². The molecule has 0 spiro atoms. The lowest BCUT2D eigenvalue weighted by Gasteiger charge is -2.20. The highest BCUT2D eigenvalue weighted by Gasteiger charge is 2.15. The maximum absolute atomic E-state index is 13.8. The molecule has 0 bridgehead atoms. The van der Waals surface area contributed by atoms with Gasteiger partial charge in [0, 0.05) is 11.6 Å². The van der Waals surface area contributed by atoms with Crippen LogP contribution in [0.3, 0.4) is 0 Å². The van der Waals surface area contributed by atoms with Gasteiger partial charge in [0.05, 0.1) is 0 Å². The molecule has 0 aromatic heterocycles. The molecular formula is C15H22FN. The van der Waals surface area contributed by atoms with Crippen molar-refractivity contribution in [2.24, 2.45) is 0 Å². The third-order valence-corrected chi connectivity index (χ3v) is 2.97. The Labute approximate surface area is 104 Å². The van der Waals surface area contributed by atoms with Crippen molar-refractivity contribution in [3.8, 4) is 0 Å². The molecule has 0 saturated heterocycles. The lowest BCUT2D eigenvalue weighted by molar-refractivity contribution is 0.505. The summed E-state index contributed by atoms with van der Waals surface area (Å²) in [6.45, 7) is 10.9. The van der Waals surface area contributed by atoms with Gasteiger partial charge in [-0.25, -0.2) is 4.39 Å². The van der Waals surface area contributed by atoms with Crippen LogP contribution in [0.15, 0.2) is 30.4 Å². The fraction of sp³-hybridized carbons (Fsp3) is 0.467. The second-order valence-electron chi connectivity index (χ2n) is 4.44. The van der Waals surface area contributed by atoms with Crippen molar-refractivity contribution in [1.29, 1.82) is 0 Å². The molecule has 0 amide bonds. The minimum absolute atomic E-state index is 0.0346. The van der Waals surface area contributed by atoms with Gasteiger partial charge in [-0.2, -0.15) is 0 Å². The zero-order valence-electron chi connectivity index (χ0n) is 11.0. The SMILES string of the molecule is C=C(CC)CC(NCC)c1cc(C)ccc1F. The van der Waals surface area contributed by atoms with E-state index < -0.39 is 0 Å². The number of hydrogen-bond donors (Lipinski definition) is 1. The highest BCUT2D eigenvalue weighted by Crippen LogP contribution is 2.25. The van der Waals surface area contributed by atoms with Gasteiger partial charge in [-0.15, -0.1) is 0 Å². The van der Waals surface area contributed by atoms with Gasteiger partial charge in [0.25, 0.3) is 0 Å². The zero-order valence-corrected chi connectivity index (χ0v) is 11.0. The molecule has 0 fully saturated rings. The summed E-state index contributed by atoms with van der Waals surface area (Å²) in [5, 5.41) is 3.33. The molecule has 94 valence electrons. The molecule has 17 heavy (non-hydrogen) atoms. The first-order chi connectivity index (χ1) is 8.08. The Balaban J connectivity index is 2.95. The van der Waals surface area contributed by atoms with E-state index in [1.165, 1.54) is 0 Å². The molecule has 1 nitrogen and oxygen atoms in total. The van der Waals surface area contributed by atoms with Crippen molar-refractivity contribution in [2.75, 3.05) is 6.54 Å². The summed E-state index contributed by atoms with van der Waals surface area (Å²) in [5.74, 6) is -0.134. The summed E-state index contributed by atoms with van der Waals surface area (Å²) in [6, 6.07) is 5.30. The first kappa shape index (κ1) is 13.9. The van der Waals surface area contributed by atoms with Crippen LogP contribution in [0.25, 0.3) is 0 Å². The van der Waals surface area contributed by atoms with E-state index in [9.17, 15) is 4.39 Å². The maximum atomic E-state index is 13.8. The van der Waals surface area contributed by atoms with E-state index in [4.69, 9.17) is 0 Å². The van der Waals surface area contributed by atoms with E-state index in [-0.39, 0.29) is 11.9 Å². The molecule has 0 aliphatic rings. The molecule has 2 heteroatoms. The number of nitrogens with one attached hydrogen (secondary N) is 1. The quantitative estimate of drug-likeness (QED) is 0.731. The van der Waals surface area contributed by atoms with Crippen molar-refractivity contribution in [3.05, 3.63) is 47.3 Å². The summed E-state index contributed by atoms with van der Waals surface area (Å²) >= 11 is 0. The van der Waals surface area contributed by atoms with Crippen LogP contribution >= 0.6 is 0 Å². The van der Waals surface area contributed by atoms with E-state index in [1.54, 1.807) is 12.1 Å². The summed E-state index contributed by atoms with van der Waals surface area (Å²) in [7, 11) is 0. The van der Waals surface area contributed by atoms with Gasteiger partial charge < -0.3 is 5.32 Å². The molecular weight excluding hydrogens is 213 g/mol. The Morgan fingerprint density at radius 2 is 2.12 bits per heavy atom. The smallest absolute Gasteiger partial charge is 0.128 e. The second-order valence-corrected chi connectivity index (χ2v) is 4.44. The van der Waals surface area contributed by atoms with Gasteiger partial charge >= 0.3 is 0 Å². The predicted molar refractivity (Wildman–Crippen MR) is 71.6 cm³/mol. The zero-order chi connectivity index (χ0) is 12.8. The Bertz CT molecular complexity index is 385. The first-order valence-corrected chi connectivity index (χ1v) is 6.24. The van der Waals surface area contributed by atoms with Crippen LogP contribution in [0.5, 0.6) is 0 Å². The Morgan fingerprint density at radius 3 is 2.71 bits per heavy atom. The van der Waals surface area contributed by atoms with Crippen molar-refractivity contribution in [1.82, 2.24) is 5.32 Å². The lowest BCUT2D eigenvalue weighted by Crippen LogP contribution is -2.22. The van der Waals surface area contributed by atoms with Gasteiger partial charge in [-0.1, -0.05) is 43.7 Å². The standard InChI is InChI=1S/C15H22FN/c1-5-11(3)10-15(17-6-2)13-9-12(4)7-8-14(13)16/h7-9,15,17H,3,5-6,10H2,1-2,4H3. The van der Waals surface area contributed by atoms with Gasteiger partial charge in [-0.05, 0) is 32.4 Å². The summed E-state index contributed by atoms with van der Waals surface area (Å²) in [6.07, 6.45) is 1.74. The van der Waals surface area contributed by atoms with Crippen LogP contribution < -0.4 is 5.32 Å². The molecule has 1 rings (SSSR count). The van der Waals surface area contributed by atoms with Gasteiger partial charge in [0.1, 0.15) is 5.82 Å². The van der Waals surface area contributed by atoms with E-state index >= 15 is 0 Å². The summed E-state index contributed by atoms with van der Waals surface area (Å²) in [4.78, 5) is 0. The topological polar surface area (TPSA) is 12.0 Å². The Hall–Kier alpha value is -1.15. The lowest BCUT2D eigenvalue weighted by atomic mass is 9.96. The van der Waals surface area contributed by atoms with Crippen LogP contribution in [-0.4, -0.2) is 6.54 Å². The van der Waals surface area contributed by atoms with E-state index in [2.05, 4.69) is 18.8 Å². The number of benzene rings is 1. The van der Waals surface area contributed by atoms with Gasteiger partial charge in [0.15, 0.2) is 0 Å². The highest BCUT2D eigenvalue weighted by atomic mass is 19.1. The van der Waals surface area contributed by atoms with Crippen LogP contribution in [-0.2, 0) is 0 Å². The largest absolute Gasteiger partial charge is 0.310 e. The second kappa shape index (κ2) is 6.55. The fourth-order valence-electron chi connectivity index (χ4n) is 1.90. The number of aryl methyl sites for hydroxylation is 1. The summed E-state index contributed by atoms with van der Waals surface area (Å²) < 4.78 is 13.8. The molecule has 0 heterocycles. The minimum Gasteiger partial charge on any atom is -0.310 e. The van der Waals surface area contributed by atoms with Crippen molar-refractivity contribution < 1.29 is 4.39 Å². The first-order valence-electron chi connectivity index (χ1n) is 6.24. The third kappa shape index (κ3) is 3.97. The van der Waals surface area contributed by atoms with Crippen LogP contribution in [0.4, 0.5) is 4.39 Å². The third-order valence-electron chi connectivity index (χ3n) is 2.97. The molecule has 0 aliphatic heterocycles. The molecule has 1 aromatic carbocycles. The van der Waals surface area contributed by atoms with Crippen molar-refractivity contribution in [3.63, 3.8) is 0 Å². The van der Waals surface area contributed by atoms with E-state index in [1.807, 2.05) is 19.9 Å². The van der Waals surface area contributed by atoms with E-state index in [0.717, 1.165) is 36.1 Å². The average molecular weight is 235 g/mol. The average Bonchev–Trinajstić information content (AvgIpc) is 2.31. The molecule has 1 aromatic rings. The Kier molecular flexibility index (Phi) is 5.36. The van der Waals surface area contributed by atoms with Crippen molar-refractivity contribution in [2.45, 2.75) is 39.7 Å². The molecule has 0 saturated carbocycles. The van der Waals surface area contributed by atoms with Crippen LogP contribution in [0.2, 0.25) is 0 Å². The fourth-order valence-corrected chi connectivity index (χ4v) is 1.90. The number of rotatable bonds is 6. The molecule has 1 atom stereocenters. The van der Waals surface area contributed by atoms with Crippen molar-refractivity contribution >= 4 is 0 Å². The molecule has 0 radical (unpaired) electrons. The molecule has 0 aliphatic carbocycles. The minimum atomic E-state index is -0.134. The maximum Gasteiger partial charge on any atom is 0.128 e. The summed E-state index contributed by atoms with van der Waals surface area (Å²) in [5.41, 5.74) is 2.99. The molecule has 1 unspecified atom stereocenters. The van der Waals surface area contributed by atoms with Crippen LogP contribution in [0, 0.1) is 12.7 Å². The molecule has 1 N–H and O–H groups in total. The number of hydrogen-bond acceptors (Lipinski definition) is 1. The highest BCUT2D eigenvalue weighted by molar-refractivity contribution is 5.28.